The zero-order valence-electron chi connectivity index (χ0n) is 18.5. The Bertz CT molecular complexity index is 787. The van der Waals surface area contributed by atoms with Gasteiger partial charge >= 0.3 is 0 Å². The average molecular weight is 427 g/mol. The summed E-state index contributed by atoms with van der Waals surface area (Å²) in [7, 11) is 0. The topological polar surface area (TPSA) is 73.0 Å². The van der Waals surface area contributed by atoms with Crippen LogP contribution in [0.5, 0.6) is 0 Å². The molecule has 0 unspecified atom stereocenters. The van der Waals surface area contributed by atoms with Gasteiger partial charge in [0.15, 0.2) is 0 Å². The largest absolute Gasteiger partial charge is 0.351 e. The van der Waals surface area contributed by atoms with Crippen LogP contribution < -0.4 is 10.2 Å². The van der Waals surface area contributed by atoms with E-state index in [1.807, 2.05) is 35.2 Å². The molecular weight excluding hydrogens is 392 g/mol. The molecule has 0 aliphatic carbocycles. The monoisotopic (exact) mass is 426 g/mol. The van der Waals surface area contributed by atoms with Crippen molar-refractivity contribution >= 4 is 23.4 Å². The van der Waals surface area contributed by atoms with E-state index in [0.717, 1.165) is 24.9 Å². The third kappa shape index (κ3) is 5.09. The number of amides is 3. The fourth-order valence-corrected chi connectivity index (χ4v) is 4.55. The fourth-order valence-electron chi connectivity index (χ4n) is 4.55. The van der Waals surface area contributed by atoms with Gasteiger partial charge in [0.2, 0.25) is 11.8 Å². The number of piperidine rings is 1. The summed E-state index contributed by atoms with van der Waals surface area (Å²) < 4.78 is 0. The van der Waals surface area contributed by atoms with Crippen LogP contribution in [0.2, 0.25) is 0 Å². The van der Waals surface area contributed by atoms with Gasteiger partial charge in [-0.1, -0.05) is 44.0 Å². The third-order valence-electron chi connectivity index (χ3n) is 6.30. The van der Waals surface area contributed by atoms with E-state index < -0.39 is 5.54 Å². The zero-order valence-corrected chi connectivity index (χ0v) is 18.5. The molecule has 0 atom stereocenters. The number of benzene rings is 1. The molecule has 2 aliphatic rings. The van der Waals surface area contributed by atoms with Gasteiger partial charge in [-0.3, -0.25) is 14.4 Å². The van der Waals surface area contributed by atoms with Gasteiger partial charge in [-0.15, -0.1) is 6.58 Å². The smallest absolute Gasteiger partial charge is 0.250 e. The maximum absolute atomic E-state index is 13.5. The molecule has 2 aliphatic heterocycles. The Labute approximate surface area is 185 Å². The van der Waals surface area contributed by atoms with Crippen LogP contribution >= 0.6 is 0 Å². The van der Waals surface area contributed by atoms with Crippen molar-refractivity contribution in [2.75, 3.05) is 37.7 Å². The van der Waals surface area contributed by atoms with Gasteiger partial charge in [0, 0.05) is 31.7 Å². The number of para-hydroxylation sites is 1. The molecular formula is C24H34N4O3. The van der Waals surface area contributed by atoms with Gasteiger partial charge in [-0.05, 0) is 31.4 Å². The summed E-state index contributed by atoms with van der Waals surface area (Å²) in [5, 5.41) is 2.75. The van der Waals surface area contributed by atoms with Gasteiger partial charge in [0.1, 0.15) is 12.1 Å². The van der Waals surface area contributed by atoms with E-state index in [0.29, 0.717) is 45.6 Å². The molecule has 7 nitrogen and oxygen atoms in total. The number of carbonyl (C=O) groups is 3. The number of nitrogens with zero attached hydrogens (tertiary/aromatic N) is 3. The van der Waals surface area contributed by atoms with Crippen LogP contribution in [0.1, 0.15) is 45.4 Å². The minimum Gasteiger partial charge on any atom is -0.351 e. The van der Waals surface area contributed by atoms with Gasteiger partial charge in [-0.2, -0.15) is 0 Å². The van der Waals surface area contributed by atoms with Crippen molar-refractivity contribution < 1.29 is 14.4 Å². The van der Waals surface area contributed by atoms with E-state index in [-0.39, 0.29) is 24.3 Å². The van der Waals surface area contributed by atoms with Crippen molar-refractivity contribution in [2.24, 2.45) is 0 Å². The molecule has 0 aromatic heterocycles. The molecule has 2 saturated heterocycles. The normalized spacial score (nSPS) is 17.8. The molecule has 0 saturated carbocycles. The number of carbonyl (C=O) groups excluding carboxylic acids is 3. The van der Waals surface area contributed by atoms with Crippen molar-refractivity contribution in [3.63, 3.8) is 0 Å². The fraction of sp³-hybridized carbons (Fsp3) is 0.542. The van der Waals surface area contributed by atoms with Gasteiger partial charge < -0.3 is 20.0 Å². The van der Waals surface area contributed by atoms with Crippen LogP contribution in [0.25, 0.3) is 0 Å². The first-order valence-corrected chi connectivity index (χ1v) is 11.3. The first-order chi connectivity index (χ1) is 15.0. The van der Waals surface area contributed by atoms with Crippen LogP contribution in [0, 0.1) is 0 Å². The molecule has 1 spiro atoms. The highest BCUT2D eigenvalue weighted by Crippen LogP contribution is 2.39. The number of hydrogen-bond donors (Lipinski definition) is 1. The van der Waals surface area contributed by atoms with Crippen molar-refractivity contribution in [1.29, 1.82) is 0 Å². The van der Waals surface area contributed by atoms with E-state index in [4.69, 9.17) is 0 Å². The summed E-state index contributed by atoms with van der Waals surface area (Å²) in [6.45, 7) is 7.64. The van der Waals surface area contributed by atoms with E-state index >= 15 is 0 Å². The number of nitrogens with one attached hydrogen (secondary N) is 1. The van der Waals surface area contributed by atoms with E-state index in [1.165, 1.54) is 0 Å². The third-order valence-corrected chi connectivity index (χ3v) is 6.30. The van der Waals surface area contributed by atoms with Crippen LogP contribution in [0.4, 0.5) is 5.69 Å². The molecule has 2 fully saturated rings. The SMILES string of the molecule is C=CCNC(=O)CN1CN(c2ccccc2)C2(CCN(C(=O)CCCCC)CC2)C1=O. The number of anilines is 1. The number of likely N-dealkylation sites (tertiary alicyclic amines) is 1. The highest BCUT2D eigenvalue weighted by atomic mass is 16.2. The lowest BCUT2D eigenvalue weighted by molar-refractivity contribution is -0.140. The second-order valence-corrected chi connectivity index (χ2v) is 8.37. The first-order valence-electron chi connectivity index (χ1n) is 11.3. The van der Waals surface area contributed by atoms with E-state index in [2.05, 4.69) is 23.7 Å². The summed E-state index contributed by atoms with van der Waals surface area (Å²) in [5.74, 6) is -0.0364. The maximum Gasteiger partial charge on any atom is 0.250 e. The Hall–Kier alpha value is -2.83. The Morgan fingerprint density at radius 1 is 1.16 bits per heavy atom. The number of hydrogen-bond acceptors (Lipinski definition) is 4. The zero-order chi connectivity index (χ0) is 22.3. The molecule has 3 rings (SSSR count). The first kappa shape index (κ1) is 22.8. The Morgan fingerprint density at radius 2 is 1.87 bits per heavy atom. The van der Waals surface area contributed by atoms with Gasteiger partial charge in [0.25, 0.3) is 5.91 Å². The number of unbranched alkanes of at least 4 members (excludes halogenated alkanes) is 2. The molecule has 0 radical (unpaired) electrons. The lowest BCUT2D eigenvalue weighted by Crippen LogP contribution is -2.57. The van der Waals surface area contributed by atoms with E-state index in [1.54, 1.807) is 11.0 Å². The standard InChI is InChI=1S/C24H34N4O3/c1-3-5-7-12-22(30)26-16-13-24(14-17-26)23(31)27(18-21(29)25-15-4-2)19-28(24)20-10-8-6-9-11-20/h4,6,8-11H,2-3,5,7,12-19H2,1H3,(H,25,29). The van der Waals surface area contributed by atoms with Crippen LogP contribution in [-0.2, 0) is 14.4 Å². The Balaban J connectivity index is 1.74. The molecule has 7 heteroatoms. The van der Waals surface area contributed by atoms with Crippen molar-refractivity contribution in [2.45, 2.75) is 51.0 Å². The molecule has 0 bridgehead atoms. The minimum absolute atomic E-state index is 0.0248. The summed E-state index contributed by atoms with van der Waals surface area (Å²) >= 11 is 0. The highest BCUT2D eigenvalue weighted by molar-refractivity contribution is 5.96. The molecule has 31 heavy (non-hydrogen) atoms. The van der Waals surface area contributed by atoms with E-state index in [9.17, 15) is 14.4 Å². The minimum atomic E-state index is -0.708. The molecule has 3 amide bonds. The summed E-state index contributed by atoms with van der Waals surface area (Å²) in [6.07, 6.45) is 6.41. The second kappa shape index (κ2) is 10.5. The molecule has 1 N–H and O–H groups in total. The predicted octanol–water partition coefficient (Wildman–Crippen LogP) is 2.54. The van der Waals surface area contributed by atoms with Gasteiger partial charge in [0.05, 0.1) is 6.67 Å². The van der Waals surface area contributed by atoms with Crippen LogP contribution in [-0.4, -0.2) is 65.9 Å². The molecule has 2 heterocycles. The molecule has 1 aromatic carbocycles. The lowest BCUT2D eigenvalue weighted by atomic mass is 9.85. The average Bonchev–Trinajstić information content (AvgIpc) is 3.05. The van der Waals surface area contributed by atoms with Crippen molar-refractivity contribution in [1.82, 2.24) is 15.1 Å². The molecule has 168 valence electrons. The predicted molar refractivity (Wildman–Crippen MR) is 121 cm³/mol. The van der Waals surface area contributed by atoms with Crippen molar-refractivity contribution in [3.05, 3.63) is 43.0 Å². The van der Waals surface area contributed by atoms with Crippen molar-refractivity contribution in [3.8, 4) is 0 Å². The second-order valence-electron chi connectivity index (χ2n) is 8.37. The molecule has 1 aromatic rings. The highest BCUT2D eigenvalue weighted by Gasteiger charge is 2.54. The summed E-state index contributed by atoms with van der Waals surface area (Å²) in [4.78, 5) is 44.0. The Kier molecular flexibility index (Phi) is 7.71. The quantitative estimate of drug-likeness (QED) is 0.487. The number of rotatable bonds is 9. The summed E-state index contributed by atoms with van der Waals surface area (Å²) in [6, 6.07) is 9.86. The van der Waals surface area contributed by atoms with Crippen LogP contribution in [0.3, 0.4) is 0 Å². The Morgan fingerprint density at radius 3 is 2.52 bits per heavy atom. The van der Waals surface area contributed by atoms with Crippen LogP contribution in [0.15, 0.2) is 43.0 Å². The lowest BCUT2D eigenvalue weighted by Gasteiger charge is -2.43. The summed E-state index contributed by atoms with van der Waals surface area (Å²) in [5.41, 5.74) is 0.257. The van der Waals surface area contributed by atoms with Gasteiger partial charge in [-0.25, -0.2) is 0 Å². The maximum atomic E-state index is 13.5.